The van der Waals surface area contributed by atoms with Gasteiger partial charge in [-0.2, -0.15) is 0 Å². The van der Waals surface area contributed by atoms with Crippen LogP contribution in [0.3, 0.4) is 0 Å². The number of rotatable bonds is 7. The largest absolute Gasteiger partial charge is 0.497 e. The Balaban J connectivity index is 1.85. The van der Waals surface area contributed by atoms with Crippen LogP contribution in [0.15, 0.2) is 41.7 Å². The number of aliphatic imine (C=N–C) groups is 1. The number of quaternary nitrogens is 1. The Hall–Kier alpha value is -1.69. The first-order chi connectivity index (χ1) is 9.28. The molecular formula is C14H19N2O3+. The summed E-state index contributed by atoms with van der Waals surface area (Å²) >= 11 is 0. The van der Waals surface area contributed by atoms with Gasteiger partial charge in [0.05, 0.1) is 26.5 Å². The summed E-state index contributed by atoms with van der Waals surface area (Å²) in [4.78, 5) is 4.06. The van der Waals surface area contributed by atoms with Gasteiger partial charge in [0.15, 0.2) is 13.1 Å². The highest BCUT2D eigenvalue weighted by molar-refractivity contribution is 5.50. The molecule has 0 saturated carbocycles. The first kappa shape index (κ1) is 13.7. The Morgan fingerprint density at radius 2 is 2.05 bits per heavy atom. The molecule has 1 aromatic rings. The maximum absolute atomic E-state index is 9.09. The molecule has 0 saturated heterocycles. The molecule has 1 unspecified atom stereocenters. The minimum Gasteiger partial charge on any atom is -0.497 e. The molecule has 5 heteroatoms. The van der Waals surface area contributed by atoms with Gasteiger partial charge in [0.25, 0.3) is 0 Å². The molecule has 0 bridgehead atoms. The number of aliphatic hydroxyl groups is 1. The van der Waals surface area contributed by atoms with Gasteiger partial charge in [-0.15, -0.1) is 0 Å². The van der Waals surface area contributed by atoms with Crippen LogP contribution in [0.25, 0.3) is 0 Å². The molecule has 1 atom stereocenters. The fourth-order valence-electron chi connectivity index (χ4n) is 1.90. The maximum atomic E-state index is 9.09. The van der Waals surface area contributed by atoms with Gasteiger partial charge >= 0.3 is 0 Å². The summed E-state index contributed by atoms with van der Waals surface area (Å²) in [7, 11) is 1.65. The molecular weight excluding hydrogens is 244 g/mol. The van der Waals surface area contributed by atoms with Gasteiger partial charge in [-0.25, -0.2) is 9.48 Å². The van der Waals surface area contributed by atoms with E-state index >= 15 is 0 Å². The minimum absolute atomic E-state index is 0.0995. The van der Waals surface area contributed by atoms with Gasteiger partial charge in [0, 0.05) is 0 Å². The predicted molar refractivity (Wildman–Crippen MR) is 72.5 cm³/mol. The van der Waals surface area contributed by atoms with Crippen molar-refractivity contribution in [3.8, 4) is 5.75 Å². The zero-order valence-corrected chi connectivity index (χ0v) is 11.0. The Bertz CT molecular complexity index is 442. The van der Waals surface area contributed by atoms with E-state index < -0.39 is 0 Å². The monoisotopic (exact) mass is 263 g/mol. The molecule has 1 aliphatic heterocycles. The molecule has 1 heterocycles. The summed E-state index contributed by atoms with van der Waals surface area (Å²) in [6.07, 6.45) is 5.43. The molecule has 102 valence electrons. The number of nitrogens with zero attached hydrogens (tertiary/aromatic N) is 2. The maximum Gasteiger partial charge on any atom is 0.196 e. The van der Waals surface area contributed by atoms with Crippen LogP contribution < -0.4 is 4.74 Å². The van der Waals surface area contributed by atoms with E-state index in [-0.39, 0.29) is 6.61 Å². The molecule has 0 radical (unpaired) electrons. The van der Waals surface area contributed by atoms with Crippen LogP contribution in [0.2, 0.25) is 0 Å². The van der Waals surface area contributed by atoms with Crippen molar-refractivity contribution in [2.45, 2.75) is 6.61 Å². The number of aliphatic hydroxyl groups excluding tert-OH is 1. The third-order valence-electron chi connectivity index (χ3n) is 3.02. The average Bonchev–Trinajstić information content (AvgIpc) is 2.89. The second-order valence-electron chi connectivity index (χ2n) is 4.44. The second kappa shape index (κ2) is 6.47. The topological polar surface area (TPSA) is 51.0 Å². The molecule has 1 aliphatic rings. The minimum atomic E-state index is 0.0995. The van der Waals surface area contributed by atoms with E-state index in [0.717, 1.165) is 11.3 Å². The van der Waals surface area contributed by atoms with Crippen LogP contribution >= 0.6 is 0 Å². The van der Waals surface area contributed by atoms with E-state index in [1.54, 1.807) is 19.6 Å². The third kappa shape index (κ3) is 3.64. The molecule has 19 heavy (non-hydrogen) atoms. The first-order valence-corrected chi connectivity index (χ1v) is 6.18. The number of ether oxygens (including phenoxy) is 2. The van der Waals surface area contributed by atoms with Crippen LogP contribution in [-0.4, -0.2) is 42.9 Å². The van der Waals surface area contributed by atoms with E-state index in [4.69, 9.17) is 14.6 Å². The van der Waals surface area contributed by atoms with Crippen LogP contribution in [0.4, 0.5) is 0 Å². The summed E-state index contributed by atoms with van der Waals surface area (Å²) in [6, 6.07) is 7.77. The number of hydrogen-bond acceptors (Lipinski definition) is 4. The van der Waals surface area contributed by atoms with Crippen LogP contribution in [0.1, 0.15) is 5.56 Å². The highest BCUT2D eigenvalue weighted by atomic mass is 16.5. The lowest BCUT2D eigenvalue weighted by atomic mass is 10.2. The summed E-state index contributed by atoms with van der Waals surface area (Å²) in [5, 5.41) is 9.09. The van der Waals surface area contributed by atoms with Crippen molar-refractivity contribution in [3.05, 3.63) is 42.2 Å². The Morgan fingerprint density at radius 1 is 1.26 bits per heavy atom. The predicted octanol–water partition coefficient (Wildman–Crippen LogP) is 1.49. The van der Waals surface area contributed by atoms with Crippen LogP contribution in [-0.2, 0) is 11.3 Å². The summed E-state index contributed by atoms with van der Waals surface area (Å²) < 4.78 is 11.3. The van der Waals surface area contributed by atoms with E-state index in [1.807, 2.05) is 30.5 Å². The van der Waals surface area contributed by atoms with E-state index in [2.05, 4.69) is 4.99 Å². The quantitative estimate of drug-likeness (QED) is 0.758. The standard InChI is InChI=1S/C14H19N2O3/c1-18-14-4-2-13(3-5-14)10-19-12-16(8-9-17)7-6-15-11-16/h2-7,11,17H,8-10,12H2,1H3/q+1. The Labute approximate surface area is 113 Å². The molecule has 0 aromatic heterocycles. The lowest BCUT2D eigenvalue weighted by molar-refractivity contribution is -0.805. The number of benzene rings is 1. The second-order valence-corrected chi connectivity index (χ2v) is 4.44. The van der Waals surface area contributed by atoms with Crippen molar-refractivity contribution in [2.75, 3.05) is 27.0 Å². The van der Waals surface area contributed by atoms with E-state index in [0.29, 0.717) is 24.4 Å². The van der Waals surface area contributed by atoms with Crippen molar-refractivity contribution >= 4 is 6.34 Å². The average molecular weight is 263 g/mol. The lowest BCUT2D eigenvalue weighted by Gasteiger charge is -2.25. The first-order valence-electron chi connectivity index (χ1n) is 6.18. The summed E-state index contributed by atoms with van der Waals surface area (Å²) in [6.45, 7) is 1.66. The molecule has 0 amide bonds. The molecule has 1 aromatic carbocycles. The summed E-state index contributed by atoms with van der Waals surface area (Å²) in [5.74, 6) is 0.835. The van der Waals surface area contributed by atoms with Gasteiger partial charge in [0.2, 0.25) is 0 Å². The fourth-order valence-corrected chi connectivity index (χ4v) is 1.90. The van der Waals surface area contributed by atoms with Crippen molar-refractivity contribution in [1.29, 1.82) is 0 Å². The van der Waals surface area contributed by atoms with Gasteiger partial charge < -0.3 is 14.6 Å². The van der Waals surface area contributed by atoms with Gasteiger partial charge in [-0.3, -0.25) is 0 Å². The Morgan fingerprint density at radius 3 is 2.63 bits per heavy atom. The van der Waals surface area contributed by atoms with Crippen molar-refractivity contribution in [1.82, 2.24) is 0 Å². The third-order valence-corrected chi connectivity index (χ3v) is 3.02. The molecule has 2 rings (SSSR count). The summed E-state index contributed by atoms with van der Waals surface area (Å²) in [5.41, 5.74) is 1.09. The zero-order valence-electron chi connectivity index (χ0n) is 11.0. The lowest BCUT2D eigenvalue weighted by Crippen LogP contribution is -2.43. The van der Waals surface area contributed by atoms with Gasteiger partial charge in [-0.1, -0.05) is 12.1 Å². The zero-order chi connectivity index (χ0) is 13.6. The number of methoxy groups -OCH3 is 1. The highest BCUT2D eigenvalue weighted by Gasteiger charge is 2.25. The highest BCUT2D eigenvalue weighted by Crippen LogP contribution is 2.14. The molecule has 5 nitrogen and oxygen atoms in total. The number of hydrogen-bond donors (Lipinski definition) is 1. The van der Waals surface area contributed by atoms with Crippen LogP contribution in [0, 0.1) is 0 Å². The molecule has 0 aliphatic carbocycles. The van der Waals surface area contributed by atoms with Gasteiger partial charge in [-0.05, 0) is 17.7 Å². The Kier molecular flexibility index (Phi) is 4.68. The molecule has 1 N–H and O–H groups in total. The SMILES string of the molecule is COc1ccc(COC[N+]2(CCO)C=CN=C2)cc1. The smallest absolute Gasteiger partial charge is 0.196 e. The molecule has 0 fully saturated rings. The molecule has 0 spiro atoms. The van der Waals surface area contributed by atoms with E-state index in [9.17, 15) is 0 Å². The normalized spacial score (nSPS) is 20.9. The van der Waals surface area contributed by atoms with Crippen molar-refractivity contribution in [3.63, 3.8) is 0 Å². The fraction of sp³-hybridized carbons (Fsp3) is 0.357. The van der Waals surface area contributed by atoms with Crippen molar-refractivity contribution in [2.24, 2.45) is 4.99 Å². The van der Waals surface area contributed by atoms with Crippen LogP contribution in [0.5, 0.6) is 5.75 Å². The van der Waals surface area contributed by atoms with Crippen molar-refractivity contribution < 1.29 is 19.1 Å². The van der Waals surface area contributed by atoms with E-state index in [1.165, 1.54) is 0 Å². The van der Waals surface area contributed by atoms with Gasteiger partial charge in [0.1, 0.15) is 18.5 Å².